The molecule has 0 radical (unpaired) electrons. The number of ether oxygens (including phenoxy) is 12. The Morgan fingerprint density at radius 3 is 0.642 bits per heavy atom. The SMILES string of the molecule is CC(C)(C)C(=O)NCCN(CCNC(=O)C(C)(C)C)CCNC(=O)C(C)(C)C.CC(C)(C)C(=O)OCC(COCC(COC(=O)C(C)(C)C)(COC(=O)C(C)(C)C)COC(=O)C(C)(C)C)(COC(=O)C(C)(C)C)COC(=O)C(C)(C)C.CC(C)(C)C(=O)OCC1SC(OC(=O)C(C)(C)C)C(OC(=O)C(C)(C)C)C(OC(=O)C(C)(C)C)C1OC(=O)C(C)(C)C. The number of esters is 11. The molecule has 1 aliphatic heterocycles. The molecule has 0 spiro atoms. The van der Waals surface area contributed by atoms with E-state index in [0.717, 1.165) is 11.8 Å². The molecule has 0 aromatic carbocycles. The third-order valence-corrected chi connectivity index (χ3v) is 19.1. The van der Waals surface area contributed by atoms with Crippen LogP contribution in [0.5, 0.6) is 0 Å². The van der Waals surface area contributed by atoms with Crippen molar-refractivity contribution in [3.05, 3.63) is 0 Å². The van der Waals surface area contributed by atoms with Crippen LogP contribution in [0.4, 0.5) is 0 Å². The van der Waals surface area contributed by atoms with E-state index in [9.17, 15) is 67.1 Å². The molecule has 0 saturated carbocycles. The van der Waals surface area contributed by atoms with Crippen molar-refractivity contribution in [1.29, 1.82) is 0 Å². The number of rotatable bonds is 31. The second-order valence-corrected chi connectivity index (χ2v) is 48.1. The second kappa shape index (κ2) is 46.0. The van der Waals surface area contributed by atoms with Gasteiger partial charge < -0.3 is 72.8 Å². The summed E-state index contributed by atoms with van der Waals surface area (Å²) in [6, 6.07) is 0. The summed E-state index contributed by atoms with van der Waals surface area (Å²) in [5.74, 6) is -6.31. The third kappa shape index (κ3) is 45.2. The number of nitrogens with zero attached hydrogens (tertiary/aromatic N) is 1. The molecule has 1 fully saturated rings. The van der Waals surface area contributed by atoms with Gasteiger partial charge in [0.25, 0.3) is 0 Å². The molecule has 1 rings (SSSR count). The Hall–Kier alpha value is -7.15. The molecule has 0 aromatic rings. The first kappa shape index (κ1) is 118. The minimum atomic E-state index is -1.43. The van der Waals surface area contributed by atoms with Crippen molar-refractivity contribution < 1.29 is 124 Å². The van der Waals surface area contributed by atoms with Crippen LogP contribution < -0.4 is 16.0 Å². The molecule has 30 nitrogen and oxygen atoms in total. The summed E-state index contributed by atoms with van der Waals surface area (Å²) in [5, 5.41) is 7.99. The summed E-state index contributed by atoms with van der Waals surface area (Å²) >= 11 is 1.02. The maximum absolute atomic E-state index is 13.3. The Balaban J connectivity index is 0. The first-order chi connectivity index (χ1) is 54.6. The quantitative estimate of drug-likeness (QED) is 0.0429. The summed E-state index contributed by atoms with van der Waals surface area (Å²) in [4.78, 5) is 182. The third-order valence-electron chi connectivity index (χ3n) is 17.7. The molecule has 0 bridgehead atoms. The lowest BCUT2D eigenvalue weighted by Gasteiger charge is -2.45. The molecule has 0 aromatic heterocycles. The first-order valence-corrected chi connectivity index (χ1v) is 43.4. The highest BCUT2D eigenvalue weighted by molar-refractivity contribution is 8.00. The minimum Gasteiger partial charge on any atom is -0.464 e. The minimum absolute atomic E-state index is 0.00882. The smallest absolute Gasteiger partial charge is 0.312 e. The first-order valence-electron chi connectivity index (χ1n) is 42.4. The van der Waals surface area contributed by atoms with Gasteiger partial charge in [-0.25, -0.2) is 0 Å². The van der Waals surface area contributed by atoms with Crippen molar-refractivity contribution in [3.63, 3.8) is 0 Å². The lowest BCUT2D eigenvalue weighted by molar-refractivity contribution is -0.208. The van der Waals surface area contributed by atoms with Crippen LogP contribution in [0.3, 0.4) is 0 Å². The van der Waals surface area contributed by atoms with Gasteiger partial charge in [-0.2, -0.15) is 0 Å². The topological polar surface area (TPSA) is 389 Å². The van der Waals surface area contributed by atoms with E-state index in [-0.39, 0.29) is 77.2 Å². The van der Waals surface area contributed by atoms with Crippen LogP contribution in [-0.2, 0) is 124 Å². The number of hydrogen-bond acceptors (Lipinski definition) is 28. The number of hydrogen-bond donors (Lipinski definition) is 3. The van der Waals surface area contributed by atoms with Gasteiger partial charge in [-0.05, 0) is 228 Å². The Labute approximate surface area is 741 Å². The highest BCUT2D eigenvalue weighted by Crippen LogP contribution is 2.43. The summed E-state index contributed by atoms with van der Waals surface area (Å²) in [6.07, 6.45) is -3.94. The van der Waals surface area contributed by atoms with E-state index in [0.29, 0.717) is 39.3 Å². The van der Waals surface area contributed by atoms with E-state index in [2.05, 4.69) is 20.9 Å². The van der Waals surface area contributed by atoms with Crippen LogP contribution in [0, 0.1) is 86.6 Å². The number of nitrogens with one attached hydrogen (secondary N) is 3. The summed E-state index contributed by atoms with van der Waals surface area (Å²) < 4.78 is 70.1. The molecule has 31 heteroatoms. The van der Waals surface area contributed by atoms with Gasteiger partial charge in [0.15, 0.2) is 23.7 Å². The monoisotopic (exact) mass is 1770 g/mol. The van der Waals surface area contributed by atoms with Crippen LogP contribution >= 0.6 is 11.8 Å². The highest BCUT2D eigenvalue weighted by Gasteiger charge is 2.57. The van der Waals surface area contributed by atoms with Crippen LogP contribution in [0.1, 0.15) is 291 Å². The molecule has 123 heavy (non-hydrogen) atoms. The molecule has 3 N–H and O–H groups in total. The van der Waals surface area contributed by atoms with E-state index < -0.39 is 181 Å². The largest absolute Gasteiger partial charge is 0.464 e. The molecule has 1 saturated heterocycles. The summed E-state index contributed by atoms with van der Waals surface area (Å²) in [7, 11) is 0. The number of thioether (sulfide) groups is 1. The fourth-order valence-corrected chi connectivity index (χ4v) is 10.1. The maximum atomic E-state index is 13.3. The van der Waals surface area contributed by atoms with Crippen molar-refractivity contribution in [2.24, 2.45) is 86.6 Å². The number of amides is 3. The average Bonchev–Trinajstić information content (AvgIpc) is 0.775. The summed E-state index contributed by atoms with van der Waals surface area (Å²) in [5.41, 5.74) is -15.3. The zero-order valence-electron chi connectivity index (χ0n) is 83.5. The predicted molar refractivity (Wildman–Crippen MR) is 471 cm³/mol. The molecule has 714 valence electrons. The highest BCUT2D eigenvalue weighted by atomic mass is 32.2. The van der Waals surface area contributed by atoms with Crippen LogP contribution in [0.15, 0.2) is 0 Å². The van der Waals surface area contributed by atoms with Gasteiger partial charge in [0.05, 0.1) is 88.9 Å². The summed E-state index contributed by atoms with van der Waals surface area (Å²) in [6.45, 7) is 72.6. The van der Waals surface area contributed by atoms with Gasteiger partial charge in [-0.1, -0.05) is 62.3 Å². The molecular weight excluding hydrogens is 1610 g/mol. The maximum Gasteiger partial charge on any atom is 0.312 e. The van der Waals surface area contributed by atoms with Crippen molar-refractivity contribution in [1.82, 2.24) is 20.9 Å². The average molecular weight is 1770 g/mol. The van der Waals surface area contributed by atoms with E-state index in [4.69, 9.17) is 56.8 Å². The lowest BCUT2D eigenvalue weighted by atomic mass is 9.89. The van der Waals surface area contributed by atoms with E-state index in [1.807, 2.05) is 62.3 Å². The van der Waals surface area contributed by atoms with Gasteiger partial charge in [-0.3, -0.25) is 72.0 Å². The van der Waals surface area contributed by atoms with Crippen LogP contribution in [0.2, 0.25) is 0 Å². The fourth-order valence-electron chi connectivity index (χ4n) is 8.78. The normalized spacial score (nSPS) is 16.8. The number of carbonyl (C=O) groups is 14. The molecule has 1 aliphatic rings. The number of carbonyl (C=O) groups excluding carboxylic acids is 14. The van der Waals surface area contributed by atoms with Crippen molar-refractivity contribution in [2.75, 3.05) is 98.7 Å². The fraction of sp³-hybridized carbons (Fsp3) is 0.848. The Morgan fingerprint density at radius 2 is 0.431 bits per heavy atom. The van der Waals surface area contributed by atoms with Gasteiger partial charge in [0.2, 0.25) is 17.7 Å². The standard InChI is InChI=1S/C40H70O13.C31H52O10S.C21H42N4O3/c1-33(2,3)27(41)48-21-39(22-49-28(42)34(4,5)6,23-50-29(43)35(7,8)9)19-47-20-40(24-51-30(44)36(10,11)12,25-52-31(45)37(13,14)15)26-53-32(46)38(16,17)18;1-27(2,3)22(32)37-16-17-18(38-23(33)28(4,5)6)19(39-24(34)29(7,8)9)20(40-25(35)30(10,11)12)21(42-17)41-26(36)31(13,14)15;1-19(2,3)16(26)22-10-13-25(14-11-23-17(27)20(4,5)6)15-12-24-18(28)21(7,8)9/h19-26H2,1-18H3;17-21H,16H2,1-15H3;10-15H2,1-9H3,(H,22,26)(H,23,27)(H,24,28). The molecule has 3 amide bonds. The van der Waals surface area contributed by atoms with Crippen molar-refractivity contribution in [2.45, 2.75) is 320 Å². The molecule has 1 heterocycles. The zero-order valence-corrected chi connectivity index (χ0v) is 84.3. The van der Waals surface area contributed by atoms with Gasteiger partial charge in [0, 0.05) is 55.5 Å². The molecule has 5 atom stereocenters. The predicted octanol–water partition coefficient (Wildman–Crippen LogP) is 13.8. The van der Waals surface area contributed by atoms with Crippen LogP contribution in [0.25, 0.3) is 0 Å². The zero-order chi connectivity index (χ0) is 97.5. The van der Waals surface area contributed by atoms with Crippen molar-refractivity contribution >= 4 is 95.1 Å². The van der Waals surface area contributed by atoms with Crippen molar-refractivity contribution in [3.8, 4) is 0 Å². The Bertz CT molecular complexity index is 3200. The Morgan fingerprint density at radius 1 is 0.236 bits per heavy atom. The van der Waals surface area contributed by atoms with Gasteiger partial charge >= 0.3 is 65.7 Å². The van der Waals surface area contributed by atoms with Gasteiger partial charge in [0.1, 0.15) is 46.2 Å². The van der Waals surface area contributed by atoms with Crippen LogP contribution in [-0.4, -0.2) is 216 Å². The Kier molecular flexibility index (Phi) is 44.1. The molecule has 0 aliphatic carbocycles. The van der Waals surface area contributed by atoms with Gasteiger partial charge in [-0.15, -0.1) is 11.8 Å². The van der Waals surface area contributed by atoms with E-state index in [1.165, 1.54) is 0 Å². The van der Waals surface area contributed by atoms with E-state index >= 15 is 0 Å². The van der Waals surface area contributed by atoms with E-state index in [1.54, 1.807) is 228 Å². The molecular formula is C92H164N4O26S. The lowest BCUT2D eigenvalue weighted by Crippen LogP contribution is -2.61. The molecule has 5 unspecified atom stereocenters. The second-order valence-electron chi connectivity index (χ2n) is 46.7.